The number of rotatable bonds is 5. The van der Waals surface area contributed by atoms with Gasteiger partial charge in [-0.15, -0.1) is 11.8 Å². The lowest BCUT2D eigenvalue weighted by molar-refractivity contribution is -0.128. The zero-order valence-electron chi connectivity index (χ0n) is 18.4. The van der Waals surface area contributed by atoms with Crippen LogP contribution in [0.25, 0.3) is 6.08 Å². The average molecular weight is 428 g/mol. The van der Waals surface area contributed by atoms with Gasteiger partial charge in [0.2, 0.25) is 0 Å². The maximum Gasteiger partial charge on any atom is 0.167 e. The molecule has 4 rings (SSSR count). The van der Waals surface area contributed by atoms with E-state index < -0.39 is 5.41 Å². The second-order valence-electron chi connectivity index (χ2n) is 8.79. The monoisotopic (exact) mass is 427 g/mol. The van der Waals surface area contributed by atoms with E-state index in [9.17, 15) is 4.79 Å². The number of ketones is 1. The molecule has 1 unspecified atom stereocenters. The van der Waals surface area contributed by atoms with Gasteiger partial charge in [-0.2, -0.15) is 0 Å². The van der Waals surface area contributed by atoms with E-state index in [1.807, 2.05) is 12.1 Å². The molecule has 3 aromatic carbocycles. The van der Waals surface area contributed by atoms with Crippen molar-refractivity contribution in [1.29, 1.82) is 0 Å². The zero-order chi connectivity index (χ0) is 21.8. The Hall–Kier alpha value is -2.62. The normalized spacial score (nSPS) is 20.2. The van der Waals surface area contributed by atoms with Crippen molar-refractivity contribution >= 4 is 23.6 Å². The number of Topliss-reactive ketones (excluding diaryl/α,β-unsaturated/α-hetero) is 1. The summed E-state index contributed by atoms with van der Waals surface area (Å²) in [6.07, 6.45) is 4.18. The SMILES string of the molecule is CSc1ccc(/C=C2/C(=O)C(C)(C)CN(Cc3ccccc3)C2c2ccccc2)cc1. The fraction of sp³-hybridized carbons (Fsp3) is 0.250. The van der Waals surface area contributed by atoms with Crippen LogP contribution < -0.4 is 0 Å². The number of carbonyl (C=O) groups excluding carboxylic acids is 1. The average Bonchev–Trinajstić information content (AvgIpc) is 2.79. The van der Waals surface area contributed by atoms with Gasteiger partial charge < -0.3 is 0 Å². The first kappa shape index (κ1) is 21.6. The van der Waals surface area contributed by atoms with Crippen LogP contribution in [0.15, 0.2) is 95.4 Å². The number of likely N-dealkylation sites (tertiary alicyclic amines) is 1. The molecule has 1 fully saturated rings. The van der Waals surface area contributed by atoms with Crippen molar-refractivity contribution in [2.45, 2.75) is 31.3 Å². The minimum atomic E-state index is -0.439. The van der Waals surface area contributed by atoms with Crippen LogP contribution in [0.2, 0.25) is 0 Å². The summed E-state index contributed by atoms with van der Waals surface area (Å²) in [5.41, 5.74) is 3.92. The standard InChI is InChI=1S/C28H29NOS/c1-28(2)20-29(19-22-10-6-4-7-11-22)26(23-12-8-5-9-13-23)25(27(28)30)18-21-14-16-24(31-3)17-15-21/h4-18,26H,19-20H2,1-3H3/b25-18+. The Bertz CT molecular complexity index is 1060. The largest absolute Gasteiger partial charge is 0.294 e. The number of nitrogens with zero attached hydrogens (tertiary/aromatic N) is 1. The highest BCUT2D eigenvalue weighted by Crippen LogP contribution is 2.42. The Labute approximate surface area is 190 Å². The quantitative estimate of drug-likeness (QED) is 0.336. The Balaban J connectivity index is 1.81. The highest BCUT2D eigenvalue weighted by Gasteiger charge is 2.43. The van der Waals surface area contributed by atoms with Gasteiger partial charge in [0, 0.05) is 29.0 Å². The molecule has 3 aromatic rings. The van der Waals surface area contributed by atoms with E-state index >= 15 is 0 Å². The van der Waals surface area contributed by atoms with Crippen molar-refractivity contribution in [2.24, 2.45) is 5.41 Å². The first-order valence-electron chi connectivity index (χ1n) is 10.7. The van der Waals surface area contributed by atoms with Crippen LogP contribution in [0.5, 0.6) is 0 Å². The van der Waals surface area contributed by atoms with Gasteiger partial charge in [0.1, 0.15) is 0 Å². The predicted molar refractivity (Wildman–Crippen MR) is 131 cm³/mol. The minimum Gasteiger partial charge on any atom is -0.294 e. The van der Waals surface area contributed by atoms with E-state index in [1.54, 1.807) is 11.8 Å². The highest BCUT2D eigenvalue weighted by atomic mass is 32.2. The molecule has 31 heavy (non-hydrogen) atoms. The molecule has 3 heteroatoms. The van der Waals surface area contributed by atoms with Gasteiger partial charge >= 0.3 is 0 Å². The predicted octanol–water partition coefficient (Wildman–Crippen LogP) is 6.64. The van der Waals surface area contributed by atoms with E-state index in [4.69, 9.17) is 0 Å². The molecule has 0 saturated carbocycles. The van der Waals surface area contributed by atoms with E-state index in [1.165, 1.54) is 10.5 Å². The molecule has 0 spiro atoms. The molecule has 0 N–H and O–H groups in total. The summed E-state index contributed by atoms with van der Waals surface area (Å²) in [7, 11) is 0. The van der Waals surface area contributed by atoms with Crippen molar-refractivity contribution in [3.63, 3.8) is 0 Å². The second kappa shape index (κ2) is 9.25. The van der Waals surface area contributed by atoms with Crippen LogP contribution in [0.4, 0.5) is 0 Å². The third kappa shape index (κ3) is 4.84. The first-order chi connectivity index (χ1) is 15.0. The molecule has 158 valence electrons. The van der Waals surface area contributed by atoms with Gasteiger partial charge in [0.15, 0.2) is 5.78 Å². The third-order valence-corrected chi connectivity index (χ3v) is 6.66. The van der Waals surface area contributed by atoms with E-state index in [0.717, 1.165) is 29.8 Å². The second-order valence-corrected chi connectivity index (χ2v) is 9.67. The van der Waals surface area contributed by atoms with E-state index in [0.29, 0.717) is 0 Å². The van der Waals surface area contributed by atoms with Crippen molar-refractivity contribution in [2.75, 3.05) is 12.8 Å². The Morgan fingerprint density at radius 2 is 1.55 bits per heavy atom. The Morgan fingerprint density at radius 3 is 2.16 bits per heavy atom. The number of thioether (sulfide) groups is 1. The molecule has 0 radical (unpaired) electrons. The lowest BCUT2D eigenvalue weighted by Crippen LogP contribution is -2.49. The lowest BCUT2D eigenvalue weighted by Gasteiger charge is -2.44. The Morgan fingerprint density at radius 1 is 0.935 bits per heavy atom. The fourth-order valence-corrected chi connectivity index (χ4v) is 4.81. The molecular formula is C28H29NOS. The van der Waals surface area contributed by atoms with Gasteiger partial charge in [-0.3, -0.25) is 9.69 Å². The number of carbonyl (C=O) groups is 1. The highest BCUT2D eigenvalue weighted by molar-refractivity contribution is 7.98. The molecule has 1 heterocycles. The topological polar surface area (TPSA) is 20.3 Å². The van der Waals surface area contributed by atoms with Gasteiger partial charge in [-0.05, 0) is 41.2 Å². The molecule has 2 nitrogen and oxygen atoms in total. The third-order valence-electron chi connectivity index (χ3n) is 5.92. The summed E-state index contributed by atoms with van der Waals surface area (Å²) < 4.78 is 0. The van der Waals surface area contributed by atoms with Crippen LogP contribution in [0.3, 0.4) is 0 Å². The maximum absolute atomic E-state index is 13.7. The van der Waals surface area contributed by atoms with Crippen molar-refractivity contribution in [3.8, 4) is 0 Å². The van der Waals surface area contributed by atoms with Crippen molar-refractivity contribution in [1.82, 2.24) is 4.90 Å². The van der Waals surface area contributed by atoms with E-state index in [2.05, 4.69) is 104 Å². The van der Waals surface area contributed by atoms with Crippen LogP contribution in [0.1, 0.15) is 36.6 Å². The molecule has 0 amide bonds. The lowest BCUT2D eigenvalue weighted by atomic mass is 9.74. The summed E-state index contributed by atoms with van der Waals surface area (Å²) in [4.78, 5) is 17.3. The molecular weight excluding hydrogens is 398 g/mol. The van der Waals surface area contributed by atoms with Crippen LogP contribution in [-0.2, 0) is 11.3 Å². The number of hydrogen-bond acceptors (Lipinski definition) is 3. The summed E-state index contributed by atoms with van der Waals surface area (Å²) >= 11 is 1.73. The number of benzene rings is 3. The van der Waals surface area contributed by atoms with Crippen molar-refractivity contribution < 1.29 is 4.79 Å². The van der Waals surface area contributed by atoms with E-state index in [-0.39, 0.29) is 11.8 Å². The first-order valence-corrected chi connectivity index (χ1v) is 11.9. The van der Waals surface area contributed by atoms with Crippen LogP contribution >= 0.6 is 11.8 Å². The van der Waals surface area contributed by atoms with Crippen LogP contribution in [0, 0.1) is 5.41 Å². The summed E-state index contributed by atoms with van der Waals surface area (Å²) in [5.74, 6) is 0.236. The van der Waals surface area contributed by atoms with Gasteiger partial charge in [-0.25, -0.2) is 0 Å². The molecule has 0 aliphatic carbocycles. The molecule has 1 saturated heterocycles. The summed E-state index contributed by atoms with van der Waals surface area (Å²) in [6.45, 7) is 5.67. The number of piperidine rings is 1. The van der Waals surface area contributed by atoms with Crippen LogP contribution in [-0.4, -0.2) is 23.5 Å². The molecule has 0 aromatic heterocycles. The fourth-order valence-electron chi connectivity index (χ4n) is 4.40. The smallest absolute Gasteiger partial charge is 0.167 e. The van der Waals surface area contributed by atoms with Gasteiger partial charge in [0.05, 0.1) is 6.04 Å². The zero-order valence-corrected chi connectivity index (χ0v) is 19.2. The molecule has 1 aliphatic rings. The summed E-state index contributed by atoms with van der Waals surface area (Å²) in [5, 5.41) is 0. The Kier molecular flexibility index (Phi) is 6.45. The summed E-state index contributed by atoms with van der Waals surface area (Å²) in [6, 6.07) is 29.4. The maximum atomic E-state index is 13.7. The van der Waals surface area contributed by atoms with Crippen molar-refractivity contribution in [3.05, 3.63) is 107 Å². The molecule has 0 bridgehead atoms. The van der Waals surface area contributed by atoms with Gasteiger partial charge in [0.25, 0.3) is 0 Å². The van der Waals surface area contributed by atoms with Gasteiger partial charge in [-0.1, -0.05) is 86.6 Å². The number of hydrogen-bond donors (Lipinski definition) is 0. The minimum absolute atomic E-state index is 0.0674. The molecule has 1 aliphatic heterocycles. The molecule has 1 atom stereocenters.